The van der Waals surface area contributed by atoms with Crippen LogP contribution in [0.1, 0.15) is 65.7 Å². The maximum absolute atomic E-state index is 12.2. The average molecular weight is 425 g/mol. The van der Waals surface area contributed by atoms with E-state index < -0.39 is 0 Å². The summed E-state index contributed by atoms with van der Waals surface area (Å²) >= 11 is 0. The van der Waals surface area contributed by atoms with Crippen molar-refractivity contribution in [3.8, 4) is 5.75 Å². The Labute approximate surface area is 186 Å². The van der Waals surface area contributed by atoms with Crippen molar-refractivity contribution in [1.29, 1.82) is 0 Å². The molecule has 0 radical (unpaired) electrons. The molecule has 0 unspecified atom stereocenters. The van der Waals surface area contributed by atoms with Crippen LogP contribution in [0.15, 0.2) is 12.1 Å². The number of carbonyl (C=O) groups excluding carboxylic acids is 1. The van der Waals surface area contributed by atoms with Gasteiger partial charge in [0.1, 0.15) is 11.6 Å². The summed E-state index contributed by atoms with van der Waals surface area (Å²) in [5.74, 6) is 2.21. The minimum atomic E-state index is 0.0229. The van der Waals surface area contributed by atoms with Crippen LogP contribution >= 0.6 is 0 Å². The largest absolute Gasteiger partial charge is 0.496 e. The molecule has 0 aliphatic carbocycles. The average Bonchev–Trinajstić information content (AvgIpc) is 3.15. The lowest BCUT2D eigenvalue weighted by molar-refractivity contribution is -0.120. The van der Waals surface area contributed by atoms with Crippen LogP contribution in [0.25, 0.3) is 0 Å². The molecule has 1 fully saturated rings. The zero-order chi connectivity index (χ0) is 22.7. The number of carbonyl (C=O) groups is 1. The van der Waals surface area contributed by atoms with Crippen molar-refractivity contribution in [3.05, 3.63) is 51.6 Å². The van der Waals surface area contributed by atoms with Crippen molar-refractivity contribution in [3.63, 3.8) is 0 Å². The predicted octanol–water partition coefficient (Wildman–Crippen LogP) is 3.78. The van der Waals surface area contributed by atoms with E-state index in [9.17, 15) is 4.79 Å². The SMILES string of the molecule is COc1cc(C)c(CN2CC[C@@H](c3nc(C)c(CC(=O)NC(C)C)c(C)n3)C2)cc1C. The Morgan fingerprint density at radius 2 is 1.84 bits per heavy atom. The van der Waals surface area contributed by atoms with E-state index in [0.717, 1.165) is 54.6 Å². The summed E-state index contributed by atoms with van der Waals surface area (Å²) < 4.78 is 5.45. The molecule has 2 heterocycles. The van der Waals surface area contributed by atoms with Crippen LogP contribution in [0.5, 0.6) is 5.75 Å². The molecule has 1 amide bonds. The third-order valence-corrected chi connectivity index (χ3v) is 6.11. The first-order chi connectivity index (χ1) is 14.7. The van der Waals surface area contributed by atoms with Gasteiger partial charge in [-0.25, -0.2) is 9.97 Å². The van der Waals surface area contributed by atoms with Crippen molar-refractivity contribution in [2.75, 3.05) is 20.2 Å². The number of methoxy groups -OCH3 is 1. The molecule has 0 saturated carbocycles. The first kappa shape index (κ1) is 23.2. The molecule has 3 rings (SSSR count). The number of nitrogens with one attached hydrogen (secondary N) is 1. The quantitative estimate of drug-likeness (QED) is 0.733. The second-order valence-corrected chi connectivity index (χ2v) is 9.10. The Morgan fingerprint density at radius 3 is 2.45 bits per heavy atom. The Bertz CT molecular complexity index is 932. The molecule has 1 aliphatic rings. The smallest absolute Gasteiger partial charge is 0.224 e. The number of rotatable bonds is 7. The lowest BCUT2D eigenvalue weighted by Crippen LogP contribution is -2.32. The van der Waals surface area contributed by atoms with E-state index >= 15 is 0 Å². The van der Waals surface area contributed by atoms with Gasteiger partial charge in [0.05, 0.1) is 13.5 Å². The molecule has 6 heteroatoms. The van der Waals surface area contributed by atoms with Gasteiger partial charge in [-0.05, 0) is 77.3 Å². The van der Waals surface area contributed by atoms with Crippen LogP contribution in [0.4, 0.5) is 0 Å². The van der Waals surface area contributed by atoms with Crippen molar-refractivity contribution >= 4 is 5.91 Å². The minimum absolute atomic E-state index is 0.0229. The van der Waals surface area contributed by atoms with Gasteiger partial charge in [0.25, 0.3) is 0 Å². The third kappa shape index (κ3) is 5.62. The molecule has 1 aromatic carbocycles. The van der Waals surface area contributed by atoms with E-state index in [1.54, 1.807) is 7.11 Å². The van der Waals surface area contributed by atoms with Gasteiger partial charge in [-0.3, -0.25) is 9.69 Å². The van der Waals surface area contributed by atoms with Crippen molar-refractivity contribution in [2.45, 2.75) is 72.9 Å². The highest BCUT2D eigenvalue weighted by atomic mass is 16.5. The topological polar surface area (TPSA) is 67.3 Å². The Kier molecular flexibility index (Phi) is 7.31. The summed E-state index contributed by atoms with van der Waals surface area (Å²) in [5.41, 5.74) is 6.56. The van der Waals surface area contributed by atoms with Crippen LogP contribution in [0.2, 0.25) is 0 Å². The molecule has 6 nitrogen and oxygen atoms in total. The lowest BCUT2D eigenvalue weighted by Gasteiger charge is -2.19. The minimum Gasteiger partial charge on any atom is -0.496 e. The second-order valence-electron chi connectivity index (χ2n) is 9.10. The van der Waals surface area contributed by atoms with Crippen molar-refractivity contribution in [2.24, 2.45) is 0 Å². The summed E-state index contributed by atoms with van der Waals surface area (Å²) in [4.78, 5) is 24.3. The molecule has 0 bridgehead atoms. The fourth-order valence-electron chi connectivity index (χ4n) is 4.41. The molecule has 0 spiro atoms. The summed E-state index contributed by atoms with van der Waals surface area (Å²) in [6, 6.07) is 4.50. The first-order valence-corrected chi connectivity index (χ1v) is 11.2. The van der Waals surface area contributed by atoms with E-state index in [2.05, 4.69) is 36.2 Å². The van der Waals surface area contributed by atoms with Gasteiger partial charge in [0.2, 0.25) is 5.91 Å². The van der Waals surface area contributed by atoms with Crippen LogP contribution in [-0.4, -0.2) is 47.0 Å². The molecule has 1 aromatic heterocycles. The van der Waals surface area contributed by atoms with Gasteiger partial charge in [-0.15, -0.1) is 0 Å². The Balaban J connectivity index is 1.69. The fraction of sp³-hybridized carbons (Fsp3) is 0.560. The molecule has 1 atom stereocenters. The molecule has 2 aromatic rings. The highest BCUT2D eigenvalue weighted by Crippen LogP contribution is 2.29. The van der Waals surface area contributed by atoms with Crippen molar-refractivity contribution in [1.82, 2.24) is 20.2 Å². The monoisotopic (exact) mass is 424 g/mol. The number of ether oxygens (including phenoxy) is 1. The van der Waals surface area contributed by atoms with E-state index in [0.29, 0.717) is 12.3 Å². The standard InChI is InChI=1S/C25H36N4O2/c1-15(2)26-24(30)12-22-18(5)27-25(28-19(22)6)20-8-9-29(13-20)14-21-10-17(4)23(31-7)11-16(21)3/h10-11,15,20H,8-9,12-14H2,1-7H3,(H,26,30)/t20-/m1/s1. The normalized spacial score (nSPS) is 16.7. The second kappa shape index (κ2) is 9.77. The molecule has 1 N–H and O–H groups in total. The number of amides is 1. The zero-order valence-electron chi connectivity index (χ0n) is 20.0. The molecular formula is C25H36N4O2. The number of hydrogen-bond donors (Lipinski definition) is 1. The number of nitrogens with zero attached hydrogens (tertiary/aromatic N) is 3. The maximum atomic E-state index is 12.2. The number of likely N-dealkylation sites (tertiary alicyclic amines) is 1. The van der Waals surface area contributed by atoms with Gasteiger partial charge in [-0.2, -0.15) is 0 Å². The Hall–Kier alpha value is -2.47. The van der Waals surface area contributed by atoms with Crippen LogP contribution in [-0.2, 0) is 17.8 Å². The first-order valence-electron chi connectivity index (χ1n) is 11.2. The van der Waals surface area contributed by atoms with E-state index in [4.69, 9.17) is 14.7 Å². The highest BCUT2D eigenvalue weighted by molar-refractivity contribution is 5.79. The molecule has 1 aliphatic heterocycles. The summed E-state index contributed by atoms with van der Waals surface area (Å²) in [6.45, 7) is 15.1. The number of hydrogen-bond acceptors (Lipinski definition) is 5. The van der Waals surface area contributed by atoms with Crippen LogP contribution in [0, 0.1) is 27.7 Å². The summed E-state index contributed by atoms with van der Waals surface area (Å²) in [5, 5.41) is 2.95. The summed E-state index contributed by atoms with van der Waals surface area (Å²) in [6.07, 6.45) is 1.39. The number of aromatic nitrogens is 2. The lowest BCUT2D eigenvalue weighted by atomic mass is 10.0. The van der Waals surface area contributed by atoms with Crippen LogP contribution < -0.4 is 10.1 Å². The van der Waals surface area contributed by atoms with E-state index in [-0.39, 0.29) is 11.9 Å². The summed E-state index contributed by atoms with van der Waals surface area (Å²) in [7, 11) is 1.72. The van der Waals surface area contributed by atoms with Gasteiger partial charge in [0.15, 0.2) is 0 Å². The van der Waals surface area contributed by atoms with E-state index in [1.807, 2.05) is 27.7 Å². The predicted molar refractivity (Wildman–Crippen MR) is 124 cm³/mol. The molecule has 31 heavy (non-hydrogen) atoms. The third-order valence-electron chi connectivity index (χ3n) is 6.11. The molecule has 1 saturated heterocycles. The van der Waals surface area contributed by atoms with E-state index in [1.165, 1.54) is 16.7 Å². The molecule has 168 valence electrons. The maximum Gasteiger partial charge on any atom is 0.224 e. The number of benzene rings is 1. The van der Waals surface area contributed by atoms with Crippen molar-refractivity contribution < 1.29 is 9.53 Å². The number of aryl methyl sites for hydroxylation is 4. The zero-order valence-corrected chi connectivity index (χ0v) is 20.0. The van der Waals surface area contributed by atoms with Gasteiger partial charge in [0, 0.05) is 42.0 Å². The molecular weight excluding hydrogens is 388 g/mol. The van der Waals surface area contributed by atoms with Crippen LogP contribution in [0.3, 0.4) is 0 Å². The highest BCUT2D eigenvalue weighted by Gasteiger charge is 2.27. The Morgan fingerprint density at radius 1 is 1.16 bits per heavy atom. The van der Waals surface area contributed by atoms with Gasteiger partial charge in [-0.1, -0.05) is 6.07 Å². The van der Waals surface area contributed by atoms with Gasteiger partial charge < -0.3 is 10.1 Å². The van der Waals surface area contributed by atoms with Gasteiger partial charge >= 0.3 is 0 Å². The fourth-order valence-corrected chi connectivity index (χ4v) is 4.41.